The highest BCUT2D eigenvalue weighted by atomic mass is 16.5. The third kappa shape index (κ3) is 4.67. The van der Waals surface area contributed by atoms with Crippen LogP contribution in [-0.2, 0) is 6.42 Å². The fourth-order valence-electron chi connectivity index (χ4n) is 4.82. The first kappa shape index (κ1) is 19.3. The van der Waals surface area contributed by atoms with E-state index in [1.807, 2.05) is 12.1 Å². The van der Waals surface area contributed by atoms with Gasteiger partial charge in [0.25, 0.3) is 0 Å². The van der Waals surface area contributed by atoms with E-state index in [-0.39, 0.29) is 0 Å². The van der Waals surface area contributed by atoms with E-state index in [0.717, 1.165) is 30.6 Å². The zero-order chi connectivity index (χ0) is 19.2. The molecule has 1 aromatic carbocycles. The Bertz CT molecular complexity index is 740. The Morgan fingerprint density at radius 1 is 1.00 bits per heavy atom. The van der Waals surface area contributed by atoms with Gasteiger partial charge in [-0.3, -0.25) is 4.90 Å². The highest BCUT2D eigenvalue weighted by molar-refractivity contribution is 5.37. The Morgan fingerprint density at radius 3 is 2.61 bits per heavy atom. The van der Waals surface area contributed by atoms with Crippen LogP contribution in [0.3, 0.4) is 0 Å². The van der Waals surface area contributed by atoms with Crippen molar-refractivity contribution in [2.45, 2.75) is 63.5 Å². The van der Waals surface area contributed by atoms with Gasteiger partial charge < -0.3 is 10.1 Å². The summed E-state index contributed by atoms with van der Waals surface area (Å²) < 4.78 is 5.23. The van der Waals surface area contributed by atoms with Crippen LogP contribution in [0, 0.1) is 0 Å². The van der Waals surface area contributed by atoms with Crippen molar-refractivity contribution in [3.05, 3.63) is 53.7 Å². The van der Waals surface area contributed by atoms with Crippen molar-refractivity contribution in [3.8, 4) is 5.75 Å². The summed E-state index contributed by atoms with van der Waals surface area (Å²) in [6.07, 6.45) is 10.5. The molecule has 1 aromatic heterocycles. The number of anilines is 1. The molecule has 0 unspecified atom stereocenters. The lowest BCUT2D eigenvalue weighted by atomic mass is 9.93. The molecule has 4 nitrogen and oxygen atoms in total. The number of hydrogen-bond acceptors (Lipinski definition) is 4. The van der Waals surface area contributed by atoms with Crippen molar-refractivity contribution in [3.63, 3.8) is 0 Å². The first-order valence-corrected chi connectivity index (χ1v) is 10.9. The number of pyridine rings is 1. The highest BCUT2D eigenvalue weighted by Crippen LogP contribution is 2.37. The van der Waals surface area contributed by atoms with Crippen molar-refractivity contribution in [2.75, 3.05) is 25.5 Å². The largest absolute Gasteiger partial charge is 0.497 e. The third-order valence-electron chi connectivity index (χ3n) is 6.33. The molecule has 1 N–H and O–H groups in total. The Hall–Kier alpha value is -2.07. The Labute approximate surface area is 169 Å². The van der Waals surface area contributed by atoms with Crippen LogP contribution < -0.4 is 10.1 Å². The monoisotopic (exact) mass is 379 g/mol. The standard InChI is InChI=1S/C24H33N3O/c1-28-21-14-12-19(13-15-21)16-17-25-24-11-5-9-22(26-24)23-10-6-18-27(23)20-7-3-2-4-8-20/h5,9,11-15,20,23H,2-4,6-8,10,16-18H2,1H3,(H,25,26)/t23-/m0/s1. The van der Waals surface area contributed by atoms with Crippen molar-refractivity contribution in [2.24, 2.45) is 0 Å². The maximum atomic E-state index is 5.23. The van der Waals surface area contributed by atoms with Gasteiger partial charge in [0.1, 0.15) is 11.6 Å². The number of nitrogens with one attached hydrogen (secondary N) is 1. The number of ether oxygens (including phenoxy) is 1. The minimum atomic E-state index is 0.506. The molecular weight excluding hydrogens is 346 g/mol. The van der Waals surface area contributed by atoms with Gasteiger partial charge in [0, 0.05) is 12.6 Å². The number of hydrogen-bond donors (Lipinski definition) is 1. The summed E-state index contributed by atoms with van der Waals surface area (Å²) in [5, 5.41) is 3.52. The SMILES string of the molecule is COc1ccc(CCNc2cccc([C@@H]3CCCN3C3CCCCC3)n2)cc1. The average molecular weight is 380 g/mol. The van der Waals surface area contributed by atoms with Crippen LogP contribution in [0.2, 0.25) is 0 Å². The molecule has 0 spiro atoms. The molecular formula is C24H33N3O. The number of aromatic nitrogens is 1. The van der Waals surface area contributed by atoms with E-state index < -0.39 is 0 Å². The van der Waals surface area contributed by atoms with Gasteiger partial charge in [0.05, 0.1) is 18.8 Å². The molecule has 1 atom stereocenters. The van der Waals surface area contributed by atoms with Crippen LogP contribution in [0.1, 0.15) is 62.2 Å². The predicted octanol–water partition coefficient (Wildman–Crippen LogP) is 5.21. The van der Waals surface area contributed by atoms with Gasteiger partial charge >= 0.3 is 0 Å². The van der Waals surface area contributed by atoms with Crippen LogP contribution in [0.5, 0.6) is 5.75 Å². The smallest absolute Gasteiger partial charge is 0.126 e. The van der Waals surface area contributed by atoms with Gasteiger partial charge in [-0.25, -0.2) is 4.98 Å². The molecule has 150 valence electrons. The molecule has 2 aliphatic rings. The van der Waals surface area contributed by atoms with Crippen LogP contribution in [0.25, 0.3) is 0 Å². The molecule has 1 saturated heterocycles. The molecule has 4 heteroatoms. The molecule has 1 saturated carbocycles. The molecule has 2 heterocycles. The van der Waals surface area contributed by atoms with E-state index in [9.17, 15) is 0 Å². The fourth-order valence-corrected chi connectivity index (χ4v) is 4.82. The van der Waals surface area contributed by atoms with Crippen molar-refractivity contribution < 1.29 is 4.74 Å². The second-order valence-corrected chi connectivity index (χ2v) is 8.16. The topological polar surface area (TPSA) is 37.4 Å². The second kappa shape index (κ2) is 9.42. The molecule has 0 amide bonds. The zero-order valence-electron chi connectivity index (χ0n) is 17.1. The van der Waals surface area contributed by atoms with Gasteiger partial charge in [-0.15, -0.1) is 0 Å². The minimum absolute atomic E-state index is 0.506. The summed E-state index contributed by atoms with van der Waals surface area (Å²) in [6, 6.07) is 16.1. The molecule has 2 fully saturated rings. The highest BCUT2D eigenvalue weighted by Gasteiger charge is 2.33. The number of likely N-dealkylation sites (tertiary alicyclic amines) is 1. The summed E-state index contributed by atoms with van der Waals surface area (Å²) >= 11 is 0. The van der Waals surface area contributed by atoms with Gasteiger partial charge in [-0.1, -0.05) is 37.5 Å². The van der Waals surface area contributed by atoms with Gasteiger partial charge in [0.15, 0.2) is 0 Å². The van der Waals surface area contributed by atoms with Crippen LogP contribution in [-0.4, -0.2) is 36.1 Å². The minimum Gasteiger partial charge on any atom is -0.497 e. The maximum Gasteiger partial charge on any atom is 0.126 e. The van der Waals surface area contributed by atoms with E-state index in [4.69, 9.17) is 9.72 Å². The van der Waals surface area contributed by atoms with Crippen molar-refractivity contribution in [1.29, 1.82) is 0 Å². The van der Waals surface area contributed by atoms with Crippen LogP contribution >= 0.6 is 0 Å². The van der Waals surface area contributed by atoms with Gasteiger partial charge in [-0.05, 0) is 68.5 Å². The summed E-state index contributed by atoms with van der Waals surface area (Å²) in [5.74, 6) is 1.91. The van der Waals surface area contributed by atoms with Gasteiger partial charge in [-0.2, -0.15) is 0 Å². The first-order valence-electron chi connectivity index (χ1n) is 10.9. The summed E-state index contributed by atoms with van der Waals surface area (Å²) in [6.45, 7) is 2.13. The van der Waals surface area contributed by atoms with E-state index in [0.29, 0.717) is 6.04 Å². The van der Waals surface area contributed by atoms with E-state index >= 15 is 0 Å². The Balaban J connectivity index is 1.35. The first-order chi connectivity index (χ1) is 13.8. The Kier molecular flexibility index (Phi) is 6.48. The lowest BCUT2D eigenvalue weighted by molar-refractivity contribution is 0.140. The lowest BCUT2D eigenvalue weighted by Crippen LogP contribution is -2.36. The van der Waals surface area contributed by atoms with E-state index in [1.165, 1.54) is 62.7 Å². The predicted molar refractivity (Wildman–Crippen MR) is 115 cm³/mol. The molecule has 2 aromatic rings. The van der Waals surface area contributed by atoms with Crippen LogP contribution in [0.15, 0.2) is 42.5 Å². The Morgan fingerprint density at radius 2 is 1.82 bits per heavy atom. The average Bonchev–Trinajstić information content (AvgIpc) is 3.25. The number of nitrogens with zero attached hydrogens (tertiary/aromatic N) is 2. The van der Waals surface area contributed by atoms with Crippen LogP contribution in [0.4, 0.5) is 5.82 Å². The molecule has 28 heavy (non-hydrogen) atoms. The van der Waals surface area contributed by atoms with E-state index in [1.54, 1.807) is 7.11 Å². The second-order valence-electron chi connectivity index (χ2n) is 8.16. The summed E-state index contributed by atoms with van der Waals surface area (Å²) in [5.41, 5.74) is 2.56. The lowest BCUT2D eigenvalue weighted by Gasteiger charge is -2.35. The fraction of sp³-hybridized carbons (Fsp3) is 0.542. The number of rotatable bonds is 7. The zero-order valence-corrected chi connectivity index (χ0v) is 17.1. The number of benzene rings is 1. The maximum absolute atomic E-state index is 5.23. The van der Waals surface area contributed by atoms with Crippen molar-refractivity contribution in [1.82, 2.24) is 9.88 Å². The van der Waals surface area contributed by atoms with E-state index in [2.05, 4.69) is 40.5 Å². The molecule has 4 rings (SSSR count). The van der Waals surface area contributed by atoms with Crippen molar-refractivity contribution >= 4 is 5.82 Å². The summed E-state index contributed by atoms with van der Waals surface area (Å²) in [4.78, 5) is 7.74. The molecule has 0 bridgehead atoms. The molecule has 0 radical (unpaired) electrons. The third-order valence-corrected chi connectivity index (χ3v) is 6.33. The molecule has 1 aliphatic carbocycles. The quantitative estimate of drug-likeness (QED) is 0.716. The normalized spacial score (nSPS) is 21.0. The summed E-state index contributed by atoms with van der Waals surface area (Å²) in [7, 11) is 1.70. The van der Waals surface area contributed by atoms with Gasteiger partial charge in [0.2, 0.25) is 0 Å². The molecule has 1 aliphatic heterocycles. The number of methoxy groups -OCH3 is 1.